The summed E-state index contributed by atoms with van der Waals surface area (Å²) in [5.41, 5.74) is 3.16. The molecule has 1 aromatic heterocycles. The highest BCUT2D eigenvalue weighted by Crippen LogP contribution is 2.22. The third-order valence-electron chi connectivity index (χ3n) is 3.40. The molecule has 1 atom stereocenters. The number of methoxy groups -OCH3 is 1. The fraction of sp³-hybridized carbons (Fsp3) is 0.312. The van der Waals surface area contributed by atoms with Crippen LogP contribution in [0.1, 0.15) is 22.7 Å². The molecule has 0 saturated carbocycles. The van der Waals surface area contributed by atoms with Gasteiger partial charge in [-0.2, -0.15) is 0 Å². The lowest BCUT2D eigenvalue weighted by molar-refractivity contribution is 0.397. The molecule has 0 saturated heterocycles. The Balaban J connectivity index is 2.19. The number of ether oxygens (including phenoxy) is 1. The van der Waals surface area contributed by atoms with Crippen molar-refractivity contribution in [2.75, 3.05) is 14.2 Å². The zero-order valence-corrected chi connectivity index (χ0v) is 12.0. The predicted octanol–water partition coefficient (Wildman–Crippen LogP) is 3.04. The second-order valence-corrected chi connectivity index (χ2v) is 4.76. The first kappa shape index (κ1) is 14.5. The van der Waals surface area contributed by atoms with Crippen molar-refractivity contribution < 1.29 is 9.13 Å². The molecule has 0 aliphatic heterocycles. The number of hydrogen-bond acceptors (Lipinski definition) is 3. The summed E-state index contributed by atoms with van der Waals surface area (Å²) < 4.78 is 18.2. The van der Waals surface area contributed by atoms with Crippen LogP contribution in [0.5, 0.6) is 5.88 Å². The Morgan fingerprint density at radius 1 is 1.30 bits per heavy atom. The normalized spacial score (nSPS) is 12.2. The summed E-state index contributed by atoms with van der Waals surface area (Å²) >= 11 is 0. The van der Waals surface area contributed by atoms with Crippen molar-refractivity contribution in [2.24, 2.45) is 0 Å². The molecule has 1 heterocycles. The molecule has 0 aliphatic rings. The molecule has 106 valence electrons. The number of rotatable bonds is 5. The highest BCUT2D eigenvalue weighted by molar-refractivity contribution is 5.31. The number of aryl methyl sites for hydroxylation is 1. The van der Waals surface area contributed by atoms with Crippen LogP contribution in [-0.4, -0.2) is 19.1 Å². The number of halogens is 1. The number of aromatic nitrogens is 1. The molecule has 2 aromatic rings. The molecule has 1 unspecified atom stereocenters. The summed E-state index contributed by atoms with van der Waals surface area (Å²) in [6.07, 6.45) is 2.60. The van der Waals surface area contributed by atoms with E-state index < -0.39 is 0 Å². The average Bonchev–Trinajstić information content (AvgIpc) is 2.46. The second kappa shape index (κ2) is 6.48. The summed E-state index contributed by atoms with van der Waals surface area (Å²) in [6.45, 7) is 1.93. The van der Waals surface area contributed by atoms with Gasteiger partial charge in [0.15, 0.2) is 0 Å². The molecule has 0 amide bonds. The second-order valence-electron chi connectivity index (χ2n) is 4.76. The smallest absolute Gasteiger partial charge is 0.212 e. The molecule has 1 N–H and O–H groups in total. The molecule has 3 nitrogen and oxygen atoms in total. The van der Waals surface area contributed by atoms with Gasteiger partial charge in [0.1, 0.15) is 5.82 Å². The van der Waals surface area contributed by atoms with Crippen molar-refractivity contribution in [1.82, 2.24) is 10.3 Å². The van der Waals surface area contributed by atoms with Gasteiger partial charge in [0, 0.05) is 18.3 Å². The van der Waals surface area contributed by atoms with E-state index in [2.05, 4.69) is 10.3 Å². The van der Waals surface area contributed by atoms with E-state index in [0.29, 0.717) is 5.88 Å². The van der Waals surface area contributed by atoms with Gasteiger partial charge in [-0.15, -0.1) is 0 Å². The number of likely N-dealkylation sites (N-methyl/N-ethyl adjacent to an activating group) is 1. The molecule has 0 fully saturated rings. The van der Waals surface area contributed by atoms with Gasteiger partial charge in [-0.05, 0) is 49.2 Å². The van der Waals surface area contributed by atoms with Crippen molar-refractivity contribution >= 4 is 0 Å². The van der Waals surface area contributed by atoms with E-state index in [1.54, 1.807) is 13.2 Å². The van der Waals surface area contributed by atoms with Crippen LogP contribution in [0.3, 0.4) is 0 Å². The van der Waals surface area contributed by atoms with Gasteiger partial charge in [0.05, 0.1) is 7.11 Å². The van der Waals surface area contributed by atoms with Crippen LogP contribution >= 0.6 is 0 Å². The Morgan fingerprint density at radius 3 is 2.65 bits per heavy atom. The van der Waals surface area contributed by atoms with E-state index in [1.165, 1.54) is 6.07 Å². The molecular formula is C16H19FN2O. The van der Waals surface area contributed by atoms with Gasteiger partial charge in [-0.25, -0.2) is 9.37 Å². The zero-order valence-electron chi connectivity index (χ0n) is 12.0. The van der Waals surface area contributed by atoms with Crippen LogP contribution in [-0.2, 0) is 6.42 Å². The SMILES string of the molecule is CNC(Cc1ccc(OC)nc1)c1ccc(F)cc1C. The van der Waals surface area contributed by atoms with Gasteiger partial charge >= 0.3 is 0 Å². The van der Waals surface area contributed by atoms with Crippen LogP contribution in [0.15, 0.2) is 36.5 Å². The molecule has 1 aromatic carbocycles. The Bertz CT molecular complexity index is 569. The van der Waals surface area contributed by atoms with Crippen molar-refractivity contribution in [3.63, 3.8) is 0 Å². The van der Waals surface area contributed by atoms with Crippen LogP contribution in [0.25, 0.3) is 0 Å². The van der Waals surface area contributed by atoms with Crippen molar-refractivity contribution in [2.45, 2.75) is 19.4 Å². The Morgan fingerprint density at radius 2 is 2.10 bits per heavy atom. The first-order chi connectivity index (χ1) is 9.63. The summed E-state index contributed by atoms with van der Waals surface area (Å²) in [4.78, 5) is 4.20. The van der Waals surface area contributed by atoms with Gasteiger partial charge in [-0.3, -0.25) is 0 Å². The van der Waals surface area contributed by atoms with Gasteiger partial charge in [0.2, 0.25) is 5.88 Å². The van der Waals surface area contributed by atoms with Crippen LogP contribution in [0, 0.1) is 12.7 Å². The first-order valence-electron chi connectivity index (χ1n) is 6.56. The van der Waals surface area contributed by atoms with Gasteiger partial charge in [-0.1, -0.05) is 12.1 Å². The van der Waals surface area contributed by atoms with Gasteiger partial charge in [0.25, 0.3) is 0 Å². The van der Waals surface area contributed by atoms with E-state index in [4.69, 9.17) is 4.74 Å². The van der Waals surface area contributed by atoms with E-state index in [1.807, 2.05) is 38.4 Å². The summed E-state index contributed by atoms with van der Waals surface area (Å²) in [5, 5.41) is 3.27. The number of nitrogens with zero attached hydrogens (tertiary/aromatic N) is 1. The highest BCUT2D eigenvalue weighted by atomic mass is 19.1. The maximum absolute atomic E-state index is 13.2. The number of nitrogens with one attached hydrogen (secondary N) is 1. The van der Waals surface area contributed by atoms with Crippen LogP contribution in [0.2, 0.25) is 0 Å². The van der Waals surface area contributed by atoms with E-state index in [0.717, 1.165) is 23.1 Å². The molecular weight excluding hydrogens is 255 g/mol. The van der Waals surface area contributed by atoms with Crippen molar-refractivity contribution in [1.29, 1.82) is 0 Å². The van der Waals surface area contributed by atoms with Crippen molar-refractivity contribution in [3.8, 4) is 5.88 Å². The minimum absolute atomic E-state index is 0.130. The summed E-state index contributed by atoms with van der Waals surface area (Å²) in [6, 6.07) is 8.87. The largest absolute Gasteiger partial charge is 0.481 e. The third-order valence-corrected chi connectivity index (χ3v) is 3.40. The van der Waals surface area contributed by atoms with Crippen LogP contribution < -0.4 is 10.1 Å². The van der Waals surface area contributed by atoms with E-state index in [9.17, 15) is 4.39 Å². The molecule has 4 heteroatoms. The molecule has 0 spiro atoms. The topological polar surface area (TPSA) is 34.1 Å². The molecule has 0 aliphatic carbocycles. The Hall–Kier alpha value is -1.94. The lowest BCUT2D eigenvalue weighted by Crippen LogP contribution is -2.20. The summed E-state index contributed by atoms with van der Waals surface area (Å²) in [7, 11) is 3.50. The van der Waals surface area contributed by atoms with Crippen LogP contribution in [0.4, 0.5) is 4.39 Å². The quantitative estimate of drug-likeness (QED) is 0.910. The molecule has 0 radical (unpaired) electrons. The molecule has 2 rings (SSSR count). The maximum Gasteiger partial charge on any atom is 0.212 e. The number of hydrogen-bond donors (Lipinski definition) is 1. The van der Waals surface area contributed by atoms with Crippen molar-refractivity contribution in [3.05, 3.63) is 59.0 Å². The lowest BCUT2D eigenvalue weighted by atomic mass is 9.96. The highest BCUT2D eigenvalue weighted by Gasteiger charge is 2.13. The molecule has 0 bridgehead atoms. The standard InChI is InChI=1S/C16H19FN2O/c1-11-8-13(17)5-6-14(11)15(18-2)9-12-4-7-16(20-3)19-10-12/h4-8,10,15,18H,9H2,1-3H3. The Kier molecular flexibility index (Phi) is 4.69. The molecule has 20 heavy (non-hydrogen) atoms. The predicted molar refractivity (Wildman–Crippen MR) is 77.4 cm³/mol. The first-order valence-corrected chi connectivity index (χ1v) is 6.56. The monoisotopic (exact) mass is 274 g/mol. The fourth-order valence-corrected chi connectivity index (χ4v) is 2.29. The van der Waals surface area contributed by atoms with Gasteiger partial charge < -0.3 is 10.1 Å². The zero-order chi connectivity index (χ0) is 14.5. The van der Waals surface area contributed by atoms with E-state index in [-0.39, 0.29) is 11.9 Å². The Labute approximate surface area is 118 Å². The summed E-state index contributed by atoms with van der Waals surface area (Å²) in [5.74, 6) is 0.403. The minimum Gasteiger partial charge on any atom is -0.481 e. The average molecular weight is 274 g/mol. The van der Waals surface area contributed by atoms with E-state index >= 15 is 0 Å². The fourth-order valence-electron chi connectivity index (χ4n) is 2.29. The third kappa shape index (κ3) is 3.33. The number of benzene rings is 1. The minimum atomic E-state index is -0.202. The number of pyridine rings is 1. The maximum atomic E-state index is 13.2. The lowest BCUT2D eigenvalue weighted by Gasteiger charge is -2.19.